The average molecular weight is 312 g/mol. The molecular weight excluding hydrogens is 292 g/mol. The first kappa shape index (κ1) is 15.9. The zero-order valence-electron chi connectivity index (χ0n) is 12.3. The molecule has 116 valence electrons. The van der Waals surface area contributed by atoms with E-state index in [4.69, 9.17) is 9.88 Å². The van der Waals surface area contributed by atoms with E-state index in [1.165, 1.54) is 12.1 Å². The van der Waals surface area contributed by atoms with Crippen molar-refractivity contribution in [2.24, 2.45) is 5.14 Å². The zero-order valence-corrected chi connectivity index (χ0v) is 13.2. The monoisotopic (exact) mass is 312 g/mol. The van der Waals surface area contributed by atoms with Crippen molar-refractivity contribution in [3.05, 3.63) is 23.3 Å². The first-order chi connectivity index (χ1) is 9.68. The maximum absolute atomic E-state index is 12.2. The summed E-state index contributed by atoms with van der Waals surface area (Å²) in [6.07, 6.45) is 1.09. The van der Waals surface area contributed by atoms with E-state index in [-0.39, 0.29) is 16.9 Å². The maximum atomic E-state index is 12.2. The van der Waals surface area contributed by atoms with Crippen LogP contribution in [0.15, 0.2) is 17.0 Å². The van der Waals surface area contributed by atoms with Crippen molar-refractivity contribution < 1.29 is 17.9 Å². The topological polar surface area (TPSA) is 98.5 Å². The van der Waals surface area contributed by atoms with Crippen molar-refractivity contribution >= 4 is 21.6 Å². The molecule has 6 nitrogen and oxygen atoms in total. The maximum Gasteiger partial charge on any atom is 0.253 e. The fourth-order valence-electron chi connectivity index (χ4n) is 2.33. The van der Waals surface area contributed by atoms with Crippen LogP contribution in [0.2, 0.25) is 0 Å². The minimum atomic E-state index is -3.81. The van der Waals surface area contributed by atoms with Gasteiger partial charge < -0.3 is 10.1 Å². The number of carbonyl (C=O) groups excluding carboxylic acids is 1. The Balaban J connectivity index is 2.27. The molecule has 0 aliphatic carbocycles. The number of anilines is 1. The highest BCUT2D eigenvalue weighted by Gasteiger charge is 2.28. The standard InChI is InChI=1S/C14H20N2O4S/c1-8-6-11(21(15,18)19)7-12(10(8)3)16-14(17)13-5-4-9(2)20-13/h6-7,9,13H,4-5H2,1-3H3,(H,16,17)(H2,15,18,19). The lowest BCUT2D eigenvalue weighted by molar-refractivity contribution is -0.126. The molecule has 0 saturated carbocycles. The second-order valence-corrected chi connectivity index (χ2v) is 7.02. The number of nitrogens with one attached hydrogen (secondary N) is 1. The molecule has 1 aliphatic rings. The molecule has 0 bridgehead atoms. The molecule has 1 amide bonds. The van der Waals surface area contributed by atoms with E-state index < -0.39 is 16.1 Å². The van der Waals surface area contributed by atoms with Crippen LogP contribution in [0.5, 0.6) is 0 Å². The lowest BCUT2D eigenvalue weighted by atomic mass is 10.1. The Morgan fingerprint density at radius 2 is 2.00 bits per heavy atom. The summed E-state index contributed by atoms with van der Waals surface area (Å²) in [5.41, 5.74) is 2.01. The van der Waals surface area contributed by atoms with E-state index in [0.717, 1.165) is 17.5 Å². The summed E-state index contributed by atoms with van der Waals surface area (Å²) in [6, 6.07) is 2.88. The third-order valence-corrected chi connectivity index (χ3v) is 4.64. The zero-order chi connectivity index (χ0) is 15.8. The van der Waals surface area contributed by atoms with Gasteiger partial charge in [0.25, 0.3) is 5.91 Å². The Kier molecular flexibility index (Phi) is 4.36. The van der Waals surface area contributed by atoms with Crippen LogP contribution < -0.4 is 10.5 Å². The van der Waals surface area contributed by atoms with Crippen LogP contribution in [0.1, 0.15) is 30.9 Å². The summed E-state index contributed by atoms with van der Waals surface area (Å²) in [5.74, 6) is -0.256. The lowest BCUT2D eigenvalue weighted by Gasteiger charge is -2.15. The van der Waals surface area contributed by atoms with E-state index >= 15 is 0 Å². The number of aryl methyl sites for hydroxylation is 1. The molecule has 2 atom stereocenters. The summed E-state index contributed by atoms with van der Waals surface area (Å²) in [5, 5.41) is 7.89. The average Bonchev–Trinajstić information content (AvgIpc) is 2.80. The Morgan fingerprint density at radius 3 is 2.52 bits per heavy atom. The summed E-state index contributed by atoms with van der Waals surface area (Å²) in [6.45, 7) is 5.51. The number of primary sulfonamides is 1. The summed E-state index contributed by atoms with van der Waals surface area (Å²) in [7, 11) is -3.81. The molecule has 21 heavy (non-hydrogen) atoms. The molecule has 1 heterocycles. The smallest absolute Gasteiger partial charge is 0.253 e. The van der Waals surface area contributed by atoms with Gasteiger partial charge in [0.05, 0.1) is 11.0 Å². The largest absolute Gasteiger partial charge is 0.365 e. The van der Waals surface area contributed by atoms with Crippen LogP contribution >= 0.6 is 0 Å². The first-order valence-electron chi connectivity index (χ1n) is 6.79. The predicted octanol–water partition coefficient (Wildman–Crippen LogP) is 1.46. The molecule has 1 aliphatic heterocycles. The highest BCUT2D eigenvalue weighted by atomic mass is 32.2. The first-order valence-corrected chi connectivity index (χ1v) is 8.33. The molecule has 0 radical (unpaired) electrons. The summed E-state index contributed by atoms with van der Waals surface area (Å²) < 4.78 is 28.5. The van der Waals surface area contributed by atoms with Crippen LogP contribution in [0.25, 0.3) is 0 Å². The molecule has 0 aromatic heterocycles. The van der Waals surface area contributed by atoms with Gasteiger partial charge in [-0.15, -0.1) is 0 Å². The molecule has 1 aromatic rings. The Hall–Kier alpha value is -1.44. The predicted molar refractivity (Wildman–Crippen MR) is 79.5 cm³/mol. The van der Waals surface area contributed by atoms with E-state index in [0.29, 0.717) is 12.1 Å². The van der Waals surface area contributed by atoms with Gasteiger partial charge >= 0.3 is 0 Å². The van der Waals surface area contributed by atoms with Crippen molar-refractivity contribution in [3.8, 4) is 0 Å². The van der Waals surface area contributed by atoms with E-state index in [9.17, 15) is 13.2 Å². The number of benzene rings is 1. The highest BCUT2D eigenvalue weighted by molar-refractivity contribution is 7.89. The molecule has 1 fully saturated rings. The summed E-state index contributed by atoms with van der Waals surface area (Å²) in [4.78, 5) is 12.2. The molecule has 7 heteroatoms. The number of nitrogens with two attached hydrogens (primary N) is 1. The molecule has 3 N–H and O–H groups in total. The van der Waals surface area contributed by atoms with Gasteiger partial charge in [0, 0.05) is 5.69 Å². The van der Waals surface area contributed by atoms with Crippen LogP contribution in [-0.2, 0) is 19.6 Å². The Labute approximate surface area is 124 Å². The minimum Gasteiger partial charge on any atom is -0.365 e. The third kappa shape index (κ3) is 3.61. The second kappa shape index (κ2) is 5.75. The fourth-order valence-corrected chi connectivity index (χ4v) is 2.95. The molecule has 0 spiro atoms. The van der Waals surface area contributed by atoms with Crippen molar-refractivity contribution in [1.29, 1.82) is 0 Å². The number of hydrogen-bond acceptors (Lipinski definition) is 4. The Morgan fingerprint density at radius 1 is 1.33 bits per heavy atom. The van der Waals surface area contributed by atoms with Crippen LogP contribution in [0, 0.1) is 13.8 Å². The quantitative estimate of drug-likeness (QED) is 0.882. The van der Waals surface area contributed by atoms with Crippen molar-refractivity contribution in [1.82, 2.24) is 0 Å². The number of ether oxygens (including phenoxy) is 1. The van der Waals surface area contributed by atoms with Gasteiger partial charge in [-0.3, -0.25) is 4.79 Å². The number of amides is 1. The minimum absolute atomic E-state index is 0.0124. The SMILES string of the molecule is Cc1cc(S(N)(=O)=O)cc(NC(=O)C2CCC(C)O2)c1C. The molecule has 1 saturated heterocycles. The second-order valence-electron chi connectivity index (χ2n) is 5.46. The Bertz CT molecular complexity index is 670. The normalized spacial score (nSPS) is 22.3. The van der Waals surface area contributed by atoms with Gasteiger partial charge in [-0.25, -0.2) is 13.6 Å². The fraction of sp³-hybridized carbons (Fsp3) is 0.500. The van der Waals surface area contributed by atoms with Gasteiger partial charge in [-0.2, -0.15) is 0 Å². The highest BCUT2D eigenvalue weighted by Crippen LogP contribution is 2.25. The van der Waals surface area contributed by atoms with E-state index in [1.54, 1.807) is 6.92 Å². The van der Waals surface area contributed by atoms with Crippen LogP contribution in [0.4, 0.5) is 5.69 Å². The number of hydrogen-bond donors (Lipinski definition) is 2. The number of rotatable bonds is 3. The molecule has 2 rings (SSSR count). The van der Waals surface area contributed by atoms with E-state index in [2.05, 4.69) is 5.32 Å². The van der Waals surface area contributed by atoms with Crippen molar-refractivity contribution in [2.75, 3.05) is 5.32 Å². The van der Waals surface area contributed by atoms with Gasteiger partial charge in [0.1, 0.15) is 6.10 Å². The van der Waals surface area contributed by atoms with Crippen LogP contribution in [0.3, 0.4) is 0 Å². The van der Waals surface area contributed by atoms with Gasteiger partial charge in [0.2, 0.25) is 10.0 Å². The summed E-state index contributed by atoms with van der Waals surface area (Å²) >= 11 is 0. The third-order valence-electron chi connectivity index (χ3n) is 3.75. The van der Waals surface area contributed by atoms with Crippen LogP contribution in [-0.4, -0.2) is 26.5 Å². The van der Waals surface area contributed by atoms with Crippen molar-refractivity contribution in [3.63, 3.8) is 0 Å². The molecule has 2 unspecified atom stereocenters. The number of sulfonamides is 1. The lowest BCUT2D eigenvalue weighted by Crippen LogP contribution is -2.28. The molecular formula is C14H20N2O4S. The number of carbonyl (C=O) groups is 1. The van der Waals surface area contributed by atoms with Gasteiger partial charge in [0.15, 0.2) is 0 Å². The van der Waals surface area contributed by atoms with Gasteiger partial charge in [-0.1, -0.05) is 0 Å². The van der Waals surface area contributed by atoms with E-state index in [1.807, 2.05) is 13.8 Å². The van der Waals surface area contributed by atoms with Crippen molar-refractivity contribution in [2.45, 2.75) is 50.7 Å². The molecule has 1 aromatic carbocycles. The van der Waals surface area contributed by atoms with Gasteiger partial charge in [-0.05, 0) is 56.9 Å².